The first-order valence-corrected chi connectivity index (χ1v) is 13.3. The summed E-state index contributed by atoms with van der Waals surface area (Å²) < 4.78 is 45.7. The summed E-state index contributed by atoms with van der Waals surface area (Å²) in [5.74, 6) is -0.873. The molecule has 2 unspecified atom stereocenters. The second-order valence-corrected chi connectivity index (χ2v) is 11.4. The van der Waals surface area contributed by atoms with Gasteiger partial charge in [-0.25, -0.2) is 8.42 Å². The highest BCUT2D eigenvalue weighted by Crippen LogP contribution is 2.37. The molecule has 1 aromatic rings. The van der Waals surface area contributed by atoms with Crippen molar-refractivity contribution >= 4 is 27.5 Å². The number of sulfonamides is 1. The lowest BCUT2D eigenvalue weighted by Gasteiger charge is -2.40. The van der Waals surface area contributed by atoms with E-state index in [2.05, 4.69) is 5.32 Å². The van der Waals surface area contributed by atoms with Crippen molar-refractivity contribution in [1.29, 1.82) is 0 Å². The number of hydrogen-bond donors (Lipinski definition) is 1. The molecule has 4 heterocycles. The van der Waals surface area contributed by atoms with Crippen LogP contribution in [0.5, 0.6) is 5.75 Å². The van der Waals surface area contributed by atoms with Crippen LogP contribution in [0.2, 0.25) is 0 Å². The highest BCUT2D eigenvalue weighted by molar-refractivity contribution is 7.89. The maximum atomic E-state index is 13.6. The van der Waals surface area contributed by atoms with Crippen LogP contribution in [0.25, 0.3) is 0 Å². The number of benzene rings is 1. The number of hydrogen-bond acceptors (Lipinski definition) is 7. The first-order valence-electron chi connectivity index (χ1n) is 11.9. The summed E-state index contributed by atoms with van der Waals surface area (Å²) in [5.41, 5.74) is 0.980. The molecule has 1 spiro atoms. The van der Waals surface area contributed by atoms with Crippen molar-refractivity contribution in [2.75, 3.05) is 44.7 Å². The maximum Gasteiger partial charge on any atom is 0.265 e. The summed E-state index contributed by atoms with van der Waals surface area (Å²) >= 11 is 0. The van der Waals surface area contributed by atoms with Gasteiger partial charge in [0.25, 0.3) is 5.91 Å². The molecule has 2 atom stereocenters. The van der Waals surface area contributed by atoms with E-state index in [0.29, 0.717) is 75.5 Å². The third kappa shape index (κ3) is 4.19. The SMILES string of the molecule is Cc1cc2c(cc1S(=O)(=O)N1CCCC(C(=O)N3CCC4(CC3)OCCO4)C1)OC(C)C(=O)N2. The van der Waals surface area contributed by atoms with Gasteiger partial charge in [0.05, 0.1) is 29.7 Å². The molecule has 1 aromatic carbocycles. The molecule has 0 saturated carbocycles. The van der Waals surface area contributed by atoms with E-state index < -0.39 is 21.9 Å². The minimum Gasteiger partial charge on any atom is -0.479 e. The minimum atomic E-state index is -3.84. The molecular formula is C23H31N3O7S. The predicted molar refractivity (Wildman–Crippen MR) is 122 cm³/mol. The van der Waals surface area contributed by atoms with Gasteiger partial charge in [-0.3, -0.25) is 9.59 Å². The molecule has 1 N–H and O–H groups in total. The van der Waals surface area contributed by atoms with Gasteiger partial charge in [-0.1, -0.05) is 0 Å². The Morgan fingerprint density at radius 2 is 1.85 bits per heavy atom. The van der Waals surface area contributed by atoms with Crippen LogP contribution in [-0.2, 0) is 29.1 Å². The molecule has 4 aliphatic rings. The van der Waals surface area contributed by atoms with Crippen LogP contribution < -0.4 is 10.1 Å². The zero-order valence-corrected chi connectivity index (χ0v) is 20.4. The number of amides is 2. The number of fused-ring (bicyclic) bond motifs is 1. The van der Waals surface area contributed by atoms with E-state index in [0.717, 1.165) is 0 Å². The zero-order valence-electron chi connectivity index (χ0n) is 19.5. The van der Waals surface area contributed by atoms with E-state index >= 15 is 0 Å². The van der Waals surface area contributed by atoms with Gasteiger partial charge in [0, 0.05) is 45.1 Å². The van der Waals surface area contributed by atoms with Crippen LogP contribution in [-0.4, -0.2) is 80.7 Å². The van der Waals surface area contributed by atoms with E-state index in [9.17, 15) is 18.0 Å². The van der Waals surface area contributed by atoms with Crippen LogP contribution >= 0.6 is 0 Å². The van der Waals surface area contributed by atoms with Crippen LogP contribution in [0.3, 0.4) is 0 Å². The Morgan fingerprint density at radius 1 is 1.15 bits per heavy atom. The molecule has 5 rings (SSSR count). The van der Waals surface area contributed by atoms with Gasteiger partial charge < -0.3 is 24.4 Å². The largest absolute Gasteiger partial charge is 0.479 e. The molecule has 11 heteroatoms. The summed E-state index contributed by atoms with van der Waals surface area (Å²) in [7, 11) is -3.84. The minimum absolute atomic E-state index is 0.00483. The number of carbonyl (C=O) groups is 2. The molecule has 10 nitrogen and oxygen atoms in total. The fraction of sp³-hybridized carbons (Fsp3) is 0.652. The predicted octanol–water partition coefficient (Wildman–Crippen LogP) is 1.48. The molecular weight excluding hydrogens is 462 g/mol. The van der Waals surface area contributed by atoms with Gasteiger partial charge in [-0.2, -0.15) is 4.31 Å². The molecule has 3 fully saturated rings. The quantitative estimate of drug-likeness (QED) is 0.678. The van der Waals surface area contributed by atoms with Crippen LogP contribution in [0, 0.1) is 12.8 Å². The van der Waals surface area contributed by atoms with Gasteiger partial charge in [0.15, 0.2) is 11.9 Å². The van der Waals surface area contributed by atoms with E-state index in [1.54, 1.807) is 19.9 Å². The molecule has 186 valence electrons. The third-order valence-corrected chi connectivity index (χ3v) is 9.22. The average molecular weight is 494 g/mol. The summed E-state index contributed by atoms with van der Waals surface area (Å²) in [6.45, 7) is 6.09. The number of anilines is 1. The monoisotopic (exact) mass is 493 g/mol. The molecule has 4 aliphatic heterocycles. The Morgan fingerprint density at radius 3 is 2.56 bits per heavy atom. The van der Waals surface area contributed by atoms with Gasteiger partial charge >= 0.3 is 0 Å². The summed E-state index contributed by atoms with van der Waals surface area (Å²) in [5, 5.41) is 2.74. The molecule has 0 radical (unpaired) electrons. The normalized spacial score (nSPS) is 27.2. The topological polar surface area (TPSA) is 114 Å². The Kier molecular flexibility index (Phi) is 6.07. The number of likely N-dealkylation sites (tertiary alicyclic amines) is 1. The standard InChI is InChI=1S/C23H31N3O7S/c1-15-12-18-19(33-16(2)21(27)24-18)13-20(15)34(29,30)26-7-3-4-17(14-26)22(28)25-8-5-23(6-9-25)31-10-11-32-23/h12-13,16-17H,3-11,14H2,1-2H3,(H,24,27). The van der Waals surface area contributed by atoms with E-state index in [4.69, 9.17) is 14.2 Å². The summed E-state index contributed by atoms with van der Waals surface area (Å²) in [6, 6.07) is 3.10. The number of carbonyl (C=O) groups excluding carboxylic acids is 2. The van der Waals surface area contributed by atoms with Crippen LogP contribution in [0.15, 0.2) is 17.0 Å². The lowest BCUT2D eigenvalue weighted by molar-refractivity contribution is -0.188. The lowest BCUT2D eigenvalue weighted by atomic mass is 9.96. The highest BCUT2D eigenvalue weighted by Gasteiger charge is 2.43. The average Bonchev–Trinajstić information content (AvgIpc) is 3.27. The third-order valence-electron chi connectivity index (χ3n) is 7.21. The first kappa shape index (κ1) is 23.5. The van der Waals surface area contributed by atoms with E-state index in [1.165, 1.54) is 10.4 Å². The molecule has 0 aromatic heterocycles. The number of nitrogens with zero attached hydrogens (tertiary/aromatic N) is 2. The number of ether oxygens (including phenoxy) is 3. The van der Waals surface area contributed by atoms with Gasteiger partial charge in [-0.05, 0) is 38.3 Å². The number of rotatable bonds is 3. The Balaban J connectivity index is 1.30. The van der Waals surface area contributed by atoms with E-state index in [-0.39, 0.29) is 29.2 Å². The molecule has 34 heavy (non-hydrogen) atoms. The summed E-state index contributed by atoms with van der Waals surface area (Å²) in [6.07, 6.45) is 1.85. The molecule has 0 aliphatic carbocycles. The first-order chi connectivity index (χ1) is 16.2. The second-order valence-electron chi connectivity index (χ2n) is 9.50. The summed E-state index contributed by atoms with van der Waals surface area (Å²) in [4.78, 5) is 27.1. The van der Waals surface area contributed by atoms with Gasteiger partial charge in [-0.15, -0.1) is 0 Å². The van der Waals surface area contributed by atoms with Crippen molar-refractivity contribution in [3.8, 4) is 5.75 Å². The smallest absolute Gasteiger partial charge is 0.265 e. The Labute approximate surface area is 199 Å². The van der Waals surface area contributed by atoms with Gasteiger partial charge in [0.2, 0.25) is 15.9 Å². The number of piperidine rings is 2. The molecule has 2 amide bonds. The van der Waals surface area contributed by atoms with Crippen molar-refractivity contribution in [3.05, 3.63) is 17.7 Å². The highest BCUT2D eigenvalue weighted by atomic mass is 32.2. The van der Waals surface area contributed by atoms with Crippen molar-refractivity contribution in [2.24, 2.45) is 5.92 Å². The van der Waals surface area contributed by atoms with Gasteiger partial charge in [0.1, 0.15) is 5.75 Å². The Bertz CT molecular complexity index is 1090. The van der Waals surface area contributed by atoms with E-state index in [1.807, 2.05) is 4.90 Å². The zero-order chi connectivity index (χ0) is 24.1. The van der Waals surface area contributed by atoms with Crippen LogP contribution in [0.4, 0.5) is 5.69 Å². The Hall–Kier alpha value is -2.21. The van der Waals surface area contributed by atoms with Crippen molar-refractivity contribution < 1.29 is 32.2 Å². The number of nitrogens with one attached hydrogen (secondary N) is 1. The fourth-order valence-corrected chi connectivity index (χ4v) is 6.98. The number of aryl methyl sites for hydroxylation is 1. The fourth-order valence-electron chi connectivity index (χ4n) is 5.23. The van der Waals surface area contributed by atoms with Crippen molar-refractivity contribution in [1.82, 2.24) is 9.21 Å². The second kappa shape index (κ2) is 8.78. The van der Waals surface area contributed by atoms with Crippen molar-refractivity contribution in [2.45, 2.75) is 56.3 Å². The lowest BCUT2D eigenvalue weighted by Crippen LogP contribution is -2.51. The maximum absolute atomic E-state index is 13.6. The van der Waals surface area contributed by atoms with Crippen LogP contribution in [0.1, 0.15) is 38.2 Å². The molecule has 3 saturated heterocycles. The molecule has 0 bridgehead atoms. The van der Waals surface area contributed by atoms with Crippen molar-refractivity contribution in [3.63, 3.8) is 0 Å².